The fourth-order valence-corrected chi connectivity index (χ4v) is 1.54. The summed E-state index contributed by atoms with van der Waals surface area (Å²) in [6.07, 6.45) is 3.85. The van der Waals surface area contributed by atoms with Crippen LogP contribution in [0, 0.1) is 5.92 Å². The van der Waals surface area contributed by atoms with E-state index in [2.05, 4.69) is 11.8 Å². The maximum Gasteiger partial charge on any atom is 0.0956 e. The van der Waals surface area contributed by atoms with Crippen LogP contribution in [0.3, 0.4) is 0 Å². The lowest BCUT2D eigenvalue weighted by atomic mass is 9.95. The molecule has 0 aromatic carbocycles. The van der Waals surface area contributed by atoms with Gasteiger partial charge in [-0.2, -0.15) is 0 Å². The van der Waals surface area contributed by atoms with Gasteiger partial charge in [0, 0.05) is 13.1 Å². The average molecular weight is 143 g/mol. The summed E-state index contributed by atoms with van der Waals surface area (Å²) < 4.78 is 0. The topological polar surface area (TPSA) is 23.5 Å². The van der Waals surface area contributed by atoms with E-state index in [0.29, 0.717) is 0 Å². The second kappa shape index (κ2) is 3.94. The number of rotatable bonds is 2. The standard InChI is InChI=1S/C8H17NO/c1-2-8-3-5-9(7-10)6-4-8/h8,10H,2-7H2,1H3. The first-order valence-electron chi connectivity index (χ1n) is 4.20. The molecule has 1 heterocycles. The van der Waals surface area contributed by atoms with E-state index in [1.165, 1.54) is 19.3 Å². The highest BCUT2D eigenvalue weighted by atomic mass is 16.3. The molecule has 1 fully saturated rings. The predicted octanol–water partition coefficient (Wildman–Crippen LogP) is 1.06. The number of likely N-dealkylation sites (tertiary alicyclic amines) is 1. The monoisotopic (exact) mass is 143 g/mol. The molecule has 1 aliphatic heterocycles. The third kappa shape index (κ3) is 1.96. The summed E-state index contributed by atoms with van der Waals surface area (Å²) in [4.78, 5) is 2.10. The van der Waals surface area contributed by atoms with Gasteiger partial charge in [0.2, 0.25) is 0 Å². The number of hydrogen-bond donors (Lipinski definition) is 1. The summed E-state index contributed by atoms with van der Waals surface area (Å²) in [5.74, 6) is 0.919. The molecule has 0 bridgehead atoms. The van der Waals surface area contributed by atoms with Gasteiger partial charge in [-0.25, -0.2) is 0 Å². The second-order valence-corrected chi connectivity index (χ2v) is 3.11. The highest BCUT2D eigenvalue weighted by Gasteiger charge is 2.15. The SMILES string of the molecule is CCC1CCN(CO)CC1. The van der Waals surface area contributed by atoms with Crippen molar-refractivity contribution in [1.82, 2.24) is 4.90 Å². The Morgan fingerprint density at radius 3 is 2.40 bits per heavy atom. The molecule has 0 unspecified atom stereocenters. The first-order valence-corrected chi connectivity index (χ1v) is 4.20. The van der Waals surface area contributed by atoms with Crippen molar-refractivity contribution in [3.05, 3.63) is 0 Å². The number of piperidine rings is 1. The van der Waals surface area contributed by atoms with Crippen molar-refractivity contribution in [2.24, 2.45) is 5.92 Å². The average Bonchev–Trinajstić information content (AvgIpc) is 2.05. The summed E-state index contributed by atoms with van der Waals surface area (Å²) >= 11 is 0. The molecule has 0 amide bonds. The Bertz CT molecular complexity index is 75.3. The lowest BCUT2D eigenvalue weighted by molar-refractivity contribution is 0.0726. The summed E-state index contributed by atoms with van der Waals surface area (Å²) in [7, 11) is 0. The minimum Gasteiger partial charge on any atom is -0.381 e. The molecule has 1 aliphatic rings. The van der Waals surface area contributed by atoms with Crippen LogP contribution >= 0.6 is 0 Å². The normalized spacial score (nSPS) is 23.4. The van der Waals surface area contributed by atoms with E-state index in [1.54, 1.807) is 0 Å². The largest absolute Gasteiger partial charge is 0.381 e. The highest BCUT2D eigenvalue weighted by Crippen LogP contribution is 2.18. The van der Waals surface area contributed by atoms with Gasteiger partial charge in [0.05, 0.1) is 6.73 Å². The lowest BCUT2D eigenvalue weighted by Crippen LogP contribution is -2.33. The van der Waals surface area contributed by atoms with Crippen molar-refractivity contribution >= 4 is 0 Å². The van der Waals surface area contributed by atoms with E-state index < -0.39 is 0 Å². The molecular formula is C8H17NO. The van der Waals surface area contributed by atoms with Crippen LogP contribution in [0.25, 0.3) is 0 Å². The molecule has 0 spiro atoms. The molecule has 0 aromatic heterocycles. The summed E-state index contributed by atoms with van der Waals surface area (Å²) in [6.45, 7) is 4.68. The highest BCUT2D eigenvalue weighted by molar-refractivity contribution is 4.68. The van der Waals surface area contributed by atoms with Crippen molar-refractivity contribution in [1.29, 1.82) is 0 Å². The van der Waals surface area contributed by atoms with Crippen molar-refractivity contribution < 1.29 is 5.11 Å². The van der Waals surface area contributed by atoms with Crippen molar-refractivity contribution in [3.8, 4) is 0 Å². The van der Waals surface area contributed by atoms with Crippen LogP contribution in [0.5, 0.6) is 0 Å². The molecular weight excluding hydrogens is 126 g/mol. The third-order valence-corrected chi connectivity index (χ3v) is 2.48. The molecule has 1 saturated heterocycles. The first-order chi connectivity index (χ1) is 4.86. The fraction of sp³-hybridized carbons (Fsp3) is 1.00. The van der Waals surface area contributed by atoms with Gasteiger partial charge >= 0.3 is 0 Å². The van der Waals surface area contributed by atoms with Crippen molar-refractivity contribution in [2.75, 3.05) is 19.8 Å². The summed E-state index contributed by atoms with van der Waals surface area (Å²) in [5, 5.41) is 8.78. The van der Waals surface area contributed by atoms with Crippen LogP contribution < -0.4 is 0 Å². The Labute approximate surface area is 62.8 Å². The van der Waals surface area contributed by atoms with Crippen LogP contribution in [0.4, 0.5) is 0 Å². The van der Waals surface area contributed by atoms with Gasteiger partial charge in [-0.15, -0.1) is 0 Å². The van der Waals surface area contributed by atoms with Crippen LogP contribution in [-0.4, -0.2) is 29.8 Å². The summed E-state index contributed by atoms with van der Waals surface area (Å²) in [5.41, 5.74) is 0. The minimum absolute atomic E-state index is 0.246. The van der Waals surface area contributed by atoms with E-state index in [1.807, 2.05) is 0 Å². The quantitative estimate of drug-likeness (QED) is 0.624. The zero-order chi connectivity index (χ0) is 7.40. The Kier molecular flexibility index (Phi) is 3.16. The molecule has 0 saturated carbocycles. The van der Waals surface area contributed by atoms with Crippen LogP contribution in [-0.2, 0) is 0 Å². The fourth-order valence-electron chi connectivity index (χ4n) is 1.54. The van der Waals surface area contributed by atoms with E-state index in [-0.39, 0.29) is 6.73 Å². The van der Waals surface area contributed by atoms with Crippen LogP contribution in [0.15, 0.2) is 0 Å². The molecule has 2 heteroatoms. The first kappa shape index (κ1) is 8.02. The predicted molar refractivity (Wildman–Crippen MR) is 41.7 cm³/mol. The molecule has 1 rings (SSSR count). The second-order valence-electron chi connectivity index (χ2n) is 3.11. The van der Waals surface area contributed by atoms with Gasteiger partial charge in [0.1, 0.15) is 0 Å². The lowest BCUT2D eigenvalue weighted by Gasteiger charge is -2.29. The molecule has 60 valence electrons. The van der Waals surface area contributed by atoms with Gasteiger partial charge in [-0.1, -0.05) is 13.3 Å². The van der Waals surface area contributed by atoms with Crippen LogP contribution in [0.2, 0.25) is 0 Å². The van der Waals surface area contributed by atoms with Gasteiger partial charge in [-0.3, -0.25) is 4.90 Å². The maximum absolute atomic E-state index is 8.78. The van der Waals surface area contributed by atoms with E-state index in [0.717, 1.165) is 19.0 Å². The van der Waals surface area contributed by atoms with Crippen LogP contribution in [0.1, 0.15) is 26.2 Å². The molecule has 2 nitrogen and oxygen atoms in total. The van der Waals surface area contributed by atoms with E-state index >= 15 is 0 Å². The molecule has 0 atom stereocenters. The third-order valence-electron chi connectivity index (χ3n) is 2.48. The number of aliphatic hydroxyl groups is 1. The minimum atomic E-state index is 0.246. The molecule has 10 heavy (non-hydrogen) atoms. The van der Waals surface area contributed by atoms with Gasteiger partial charge in [0.25, 0.3) is 0 Å². The van der Waals surface area contributed by atoms with E-state index in [4.69, 9.17) is 5.11 Å². The Morgan fingerprint density at radius 1 is 1.40 bits per heavy atom. The van der Waals surface area contributed by atoms with Gasteiger partial charge in [-0.05, 0) is 18.8 Å². The van der Waals surface area contributed by atoms with E-state index in [9.17, 15) is 0 Å². The Balaban J connectivity index is 2.17. The molecule has 0 radical (unpaired) electrons. The molecule has 0 aliphatic carbocycles. The van der Waals surface area contributed by atoms with Crippen molar-refractivity contribution in [2.45, 2.75) is 26.2 Å². The van der Waals surface area contributed by atoms with Crippen molar-refractivity contribution in [3.63, 3.8) is 0 Å². The number of hydrogen-bond acceptors (Lipinski definition) is 2. The Hall–Kier alpha value is -0.0800. The molecule has 1 N–H and O–H groups in total. The Morgan fingerprint density at radius 2 is 2.00 bits per heavy atom. The summed E-state index contributed by atoms with van der Waals surface area (Å²) in [6, 6.07) is 0. The van der Waals surface area contributed by atoms with Gasteiger partial charge < -0.3 is 5.11 Å². The smallest absolute Gasteiger partial charge is 0.0956 e. The number of nitrogens with zero attached hydrogens (tertiary/aromatic N) is 1. The van der Waals surface area contributed by atoms with Gasteiger partial charge in [0.15, 0.2) is 0 Å². The number of aliphatic hydroxyl groups excluding tert-OH is 1. The zero-order valence-electron chi connectivity index (χ0n) is 6.71. The maximum atomic E-state index is 8.78. The molecule has 0 aromatic rings. The zero-order valence-corrected chi connectivity index (χ0v) is 6.71.